The molecule has 0 spiro atoms. The van der Waals surface area contributed by atoms with Gasteiger partial charge in [-0.05, 0) is 24.3 Å². The Bertz CT molecular complexity index is 863. The predicted molar refractivity (Wildman–Crippen MR) is 85.2 cm³/mol. The summed E-state index contributed by atoms with van der Waals surface area (Å²) in [6.07, 6.45) is 4.90. The topological polar surface area (TPSA) is 49.6 Å². The van der Waals surface area contributed by atoms with Gasteiger partial charge in [-0.3, -0.25) is 4.98 Å². The van der Waals surface area contributed by atoms with Gasteiger partial charge in [-0.1, -0.05) is 18.2 Å². The quantitative estimate of drug-likeness (QED) is 0.673. The van der Waals surface area contributed by atoms with Gasteiger partial charge in [0, 0.05) is 28.9 Å². The second-order valence-electron chi connectivity index (χ2n) is 4.47. The number of thiazole rings is 1. The minimum atomic E-state index is -0.360. The van der Waals surface area contributed by atoms with E-state index in [-0.39, 0.29) is 5.82 Å². The molecule has 0 aliphatic carbocycles. The number of hydrogen-bond acceptors (Lipinski definition) is 4. The standard InChI is InChI=1S/C17H10FN3S/c18-15-4-2-1-3-13(15)9-14(10-19)17-21-16(11-22-17)12-5-7-20-8-6-12/h1-9,11H/b14-9+. The van der Waals surface area contributed by atoms with Crippen LogP contribution in [-0.2, 0) is 0 Å². The molecule has 0 unspecified atom stereocenters. The highest BCUT2D eigenvalue weighted by atomic mass is 32.1. The smallest absolute Gasteiger partial charge is 0.134 e. The fourth-order valence-corrected chi connectivity index (χ4v) is 2.74. The summed E-state index contributed by atoms with van der Waals surface area (Å²) in [5.41, 5.74) is 2.42. The van der Waals surface area contributed by atoms with Crippen molar-refractivity contribution in [2.75, 3.05) is 0 Å². The second-order valence-corrected chi connectivity index (χ2v) is 5.32. The molecule has 0 amide bonds. The van der Waals surface area contributed by atoms with Crippen LogP contribution in [0.15, 0.2) is 54.2 Å². The number of benzene rings is 1. The molecule has 0 bridgehead atoms. The van der Waals surface area contributed by atoms with Crippen LogP contribution in [0.25, 0.3) is 22.9 Å². The van der Waals surface area contributed by atoms with Crippen LogP contribution in [0.2, 0.25) is 0 Å². The van der Waals surface area contributed by atoms with Gasteiger partial charge in [0.1, 0.15) is 16.9 Å². The molecule has 0 saturated heterocycles. The highest BCUT2D eigenvalue weighted by Gasteiger charge is 2.10. The molecule has 0 N–H and O–H groups in total. The fraction of sp³-hybridized carbons (Fsp3) is 0. The van der Waals surface area contributed by atoms with E-state index in [1.165, 1.54) is 23.5 Å². The summed E-state index contributed by atoms with van der Waals surface area (Å²) < 4.78 is 13.7. The van der Waals surface area contributed by atoms with Crippen LogP contribution in [0.5, 0.6) is 0 Å². The van der Waals surface area contributed by atoms with Crippen LogP contribution in [0, 0.1) is 17.1 Å². The van der Waals surface area contributed by atoms with Crippen molar-refractivity contribution < 1.29 is 4.39 Å². The lowest BCUT2D eigenvalue weighted by Gasteiger charge is -1.97. The van der Waals surface area contributed by atoms with E-state index in [2.05, 4.69) is 16.0 Å². The molecular weight excluding hydrogens is 297 g/mol. The van der Waals surface area contributed by atoms with Crippen molar-refractivity contribution in [2.45, 2.75) is 0 Å². The summed E-state index contributed by atoms with van der Waals surface area (Å²) in [5, 5.41) is 11.8. The van der Waals surface area contributed by atoms with E-state index in [9.17, 15) is 9.65 Å². The maximum Gasteiger partial charge on any atom is 0.134 e. The maximum absolute atomic E-state index is 13.7. The number of nitriles is 1. The van der Waals surface area contributed by atoms with Crippen molar-refractivity contribution in [3.63, 3.8) is 0 Å². The summed E-state index contributed by atoms with van der Waals surface area (Å²) in [7, 11) is 0. The van der Waals surface area contributed by atoms with Crippen molar-refractivity contribution >= 4 is 23.0 Å². The first kappa shape index (κ1) is 14.1. The summed E-state index contributed by atoms with van der Waals surface area (Å²) in [6.45, 7) is 0. The first-order valence-electron chi connectivity index (χ1n) is 6.50. The lowest BCUT2D eigenvalue weighted by molar-refractivity contribution is 0.625. The molecule has 1 aromatic carbocycles. The number of aromatic nitrogens is 2. The van der Waals surface area contributed by atoms with Crippen LogP contribution in [-0.4, -0.2) is 9.97 Å². The normalized spacial score (nSPS) is 11.2. The zero-order valence-corrected chi connectivity index (χ0v) is 12.2. The monoisotopic (exact) mass is 307 g/mol. The molecule has 0 fully saturated rings. The Morgan fingerprint density at radius 3 is 2.68 bits per heavy atom. The van der Waals surface area contributed by atoms with Gasteiger partial charge in [-0.25, -0.2) is 9.37 Å². The molecule has 3 nitrogen and oxygen atoms in total. The van der Waals surface area contributed by atoms with E-state index in [0.717, 1.165) is 11.3 Å². The van der Waals surface area contributed by atoms with E-state index >= 15 is 0 Å². The number of rotatable bonds is 3. The molecule has 0 saturated carbocycles. The Labute approximate surface area is 131 Å². The number of allylic oxidation sites excluding steroid dienone is 1. The van der Waals surface area contributed by atoms with Crippen LogP contribution < -0.4 is 0 Å². The first-order chi connectivity index (χ1) is 10.8. The van der Waals surface area contributed by atoms with Gasteiger partial charge in [0.25, 0.3) is 0 Å². The number of pyridine rings is 1. The fourth-order valence-electron chi connectivity index (χ4n) is 1.94. The van der Waals surface area contributed by atoms with E-state index in [1.807, 2.05) is 17.5 Å². The molecular formula is C17H10FN3S. The molecule has 106 valence electrons. The SMILES string of the molecule is N#C/C(=C\c1ccccc1F)c1nc(-c2ccncc2)cs1. The van der Waals surface area contributed by atoms with Crippen LogP contribution in [0.3, 0.4) is 0 Å². The average Bonchev–Trinajstić information content (AvgIpc) is 3.05. The third-order valence-corrected chi connectivity index (χ3v) is 3.91. The predicted octanol–water partition coefficient (Wildman–Crippen LogP) is 4.41. The zero-order chi connectivity index (χ0) is 15.4. The van der Waals surface area contributed by atoms with Crippen molar-refractivity contribution in [3.8, 4) is 17.3 Å². The van der Waals surface area contributed by atoms with Crippen molar-refractivity contribution in [3.05, 3.63) is 70.6 Å². The molecule has 2 aromatic heterocycles. The van der Waals surface area contributed by atoms with E-state index in [4.69, 9.17) is 0 Å². The summed E-state index contributed by atoms with van der Waals surface area (Å²) >= 11 is 1.36. The van der Waals surface area contributed by atoms with Crippen LogP contribution >= 0.6 is 11.3 Å². The third-order valence-electron chi connectivity index (χ3n) is 3.04. The first-order valence-corrected chi connectivity index (χ1v) is 7.38. The van der Waals surface area contributed by atoms with Gasteiger partial charge < -0.3 is 0 Å². The molecule has 0 aliphatic rings. The summed E-state index contributed by atoms with van der Waals surface area (Å²) in [6, 6.07) is 12.1. The minimum Gasteiger partial charge on any atom is -0.265 e. The van der Waals surface area contributed by atoms with E-state index < -0.39 is 0 Å². The average molecular weight is 307 g/mol. The Morgan fingerprint density at radius 2 is 1.95 bits per heavy atom. The Morgan fingerprint density at radius 1 is 1.18 bits per heavy atom. The molecule has 5 heteroatoms. The lowest BCUT2D eigenvalue weighted by Crippen LogP contribution is -1.85. The molecule has 0 aliphatic heterocycles. The number of halogens is 1. The Balaban J connectivity index is 1.98. The molecule has 3 aromatic rings. The van der Waals surface area contributed by atoms with Crippen LogP contribution in [0.4, 0.5) is 4.39 Å². The van der Waals surface area contributed by atoms with Gasteiger partial charge >= 0.3 is 0 Å². The summed E-state index contributed by atoms with van der Waals surface area (Å²) in [4.78, 5) is 8.42. The van der Waals surface area contributed by atoms with Crippen molar-refractivity contribution in [2.24, 2.45) is 0 Å². The van der Waals surface area contributed by atoms with Gasteiger partial charge in [-0.15, -0.1) is 11.3 Å². The Kier molecular flexibility index (Phi) is 4.03. The van der Waals surface area contributed by atoms with Crippen molar-refractivity contribution in [1.29, 1.82) is 5.26 Å². The molecule has 22 heavy (non-hydrogen) atoms. The van der Waals surface area contributed by atoms with Gasteiger partial charge in [0.15, 0.2) is 0 Å². The van der Waals surface area contributed by atoms with Gasteiger partial charge in [-0.2, -0.15) is 5.26 Å². The van der Waals surface area contributed by atoms with Gasteiger partial charge in [0.2, 0.25) is 0 Å². The number of nitrogens with zero attached hydrogens (tertiary/aromatic N) is 3. The third kappa shape index (κ3) is 2.92. The molecule has 3 rings (SSSR count). The van der Waals surface area contributed by atoms with Crippen LogP contribution in [0.1, 0.15) is 10.6 Å². The second kappa shape index (κ2) is 6.29. The highest BCUT2D eigenvalue weighted by Crippen LogP contribution is 2.27. The van der Waals surface area contributed by atoms with E-state index in [1.54, 1.807) is 30.6 Å². The molecule has 2 heterocycles. The highest BCUT2D eigenvalue weighted by molar-refractivity contribution is 7.11. The largest absolute Gasteiger partial charge is 0.265 e. The lowest BCUT2D eigenvalue weighted by atomic mass is 10.1. The van der Waals surface area contributed by atoms with Crippen molar-refractivity contribution in [1.82, 2.24) is 9.97 Å². The Hall–Kier alpha value is -2.84. The molecule has 0 radical (unpaired) electrons. The van der Waals surface area contributed by atoms with Gasteiger partial charge in [0.05, 0.1) is 11.3 Å². The van der Waals surface area contributed by atoms with E-state index in [0.29, 0.717) is 16.1 Å². The number of hydrogen-bond donors (Lipinski definition) is 0. The zero-order valence-electron chi connectivity index (χ0n) is 11.4. The minimum absolute atomic E-state index is 0.343. The maximum atomic E-state index is 13.7. The summed E-state index contributed by atoms with van der Waals surface area (Å²) in [5.74, 6) is -0.360. The molecule has 0 atom stereocenters.